The lowest BCUT2D eigenvalue weighted by Crippen LogP contribution is -2.51. The summed E-state index contributed by atoms with van der Waals surface area (Å²) in [7, 11) is 1.64. The van der Waals surface area contributed by atoms with Crippen molar-refractivity contribution in [1.29, 1.82) is 0 Å². The topological polar surface area (TPSA) is 64.4 Å². The van der Waals surface area contributed by atoms with Gasteiger partial charge in [0, 0.05) is 17.5 Å². The second-order valence-electron chi connectivity index (χ2n) is 8.57. The number of methoxy groups -OCH3 is 1. The molecule has 2 fully saturated rings. The first-order chi connectivity index (χ1) is 15.1. The molecule has 1 amide bonds. The number of hydrogen-bond donors (Lipinski definition) is 0. The smallest absolute Gasteiger partial charge is 0.271 e. The number of likely N-dealkylation sites (tertiary alicyclic amines) is 1. The maximum atomic E-state index is 13.1. The van der Waals surface area contributed by atoms with E-state index in [-0.39, 0.29) is 18.0 Å². The van der Waals surface area contributed by atoms with Crippen LogP contribution in [0.1, 0.15) is 38.5 Å². The second-order valence-corrected chi connectivity index (χ2v) is 9.62. The van der Waals surface area contributed by atoms with Crippen molar-refractivity contribution in [2.24, 2.45) is 5.92 Å². The monoisotopic (exact) mass is 437 g/mol. The van der Waals surface area contributed by atoms with Gasteiger partial charge in [-0.3, -0.25) is 14.2 Å². The number of thiophene rings is 1. The minimum atomic E-state index is -0.139. The van der Waals surface area contributed by atoms with E-state index in [1.54, 1.807) is 7.11 Å². The summed E-state index contributed by atoms with van der Waals surface area (Å²) in [6, 6.07) is 10.0. The van der Waals surface area contributed by atoms with Crippen LogP contribution in [0.15, 0.2) is 41.5 Å². The van der Waals surface area contributed by atoms with Crippen LogP contribution in [0, 0.1) is 5.92 Å². The molecule has 3 aromatic rings. The van der Waals surface area contributed by atoms with Crippen LogP contribution in [0.2, 0.25) is 0 Å². The van der Waals surface area contributed by atoms with Gasteiger partial charge in [0.2, 0.25) is 5.91 Å². The Labute approximate surface area is 185 Å². The van der Waals surface area contributed by atoms with Crippen LogP contribution in [0.3, 0.4) is 0 Å². The molecule has 0 bridgehead atoms. The first-order valence-corrected chi connectivity index (χ1v) is 11.9. The molecule has 0 radical (unpaired) electrons. The highest BCUT2D eigenvalue weighted by Crippen LogP contribution is 2.35. The van der Waals surface area contributed by atoms with Gasteiger partial charge in [-0.05, 0) is 67.5 Å². The van der Waals surface area contributed by atoms with Gasteiger partial charge in [-0.15, -0.1) is 11.3 Å². The molecule has 0 spiro atoms. The largest absolute Gasteiger partial charge is 0.497 e. The van der Waals surface area contributed by atoms with E-state index in [0.29, 0.717) is 22.2 Å². The standard InChI is InChI=1S/C24H27N3O3S/c1-30-18-10-8-17(9-11-18)21-13-19-23(31-21)24(29)26(15-25-19)14-22(28)27-12-4-6-16-5-2-3-7-20(16)27/h8-11,13,15-16,20H,2-7,12,14H2,1H3/t16-,20-/m1/s1. The normalized spacial score (nSPS) is 21.1. The van der Waals surface area contributed by atoms with Crippen LogP contribution in [0.25, 0.3) is 20.7 Å². The first-order valence-electron chi connectivity index (χ1n) is 11.1. The van der Waals surface area contributed by atoms with Crippen LogP contribution in [-0.2, 0) is 11.3 Å². The molecule has 1 aliphatic carbocycles. The number of benzene rings is 1. The van der Waals surface area contributed by atoms with E-state index in [9.17, 15) is 9.59 Å². The predicted octanol–water partition coefficient (Wildman–Crippen LogP) is 4.31. The summed E-state index contributed by atoms with van der Waals surface area (Å²) in [5.41, 5.74) is 1.55. The fourth-order valence-corrected chi connectivity index (χ4v) is 6.19. The minimum Gasteiger partial charge on any atom is -0.497 e. The number of piperidine rings is 1. The molecular formula is C24H27N3O3S. The number of carbonyl (C=O) groups excluding carboxylic acids is 1. The van der Waals surface area contributed by atoms with Crippen LogP contribution in [0.4, 0.5) is 0 Å². The average molecular weight is 438 g/mol. The van der Waals surface area contributed by atoms with E-state index in [1.165, 1.54) is 47.9 Å². The van der Waals surface area contributed by atoms with Gasteiger partial charge < -0.3 is 9.64 Å². The van der Waals surface area contributed by atoms with Crippen LogP contribution >= 0.6 is 11.3 Å². The maximum Gasteiger partial charge on any atom is 0.271 e. The zero-order valence-corrected chi connectivity index (χ0v) is 18.6. The Balaban J connectivity index is 1.39. The third-order valence-electron chi connectivity index (χ3n) is 6.75. The van der Waals surface area contributed by atoms with Crippen molar-refractivity contribution in [2.45, 2.75) is 51.1 Å². The lowest BCUT2D eigenvalue weighted by molar-refractivity contribution is -0.138. The highest BCUT2D eigenvalue weighted by molar-refractivity contribution is 7.22. The molecule has 1 aromatic carbocycles. The summed E-state index contributed by atoms with van der Waals surface area (Å²) in [4.78, 5) is 33.7. The molecule has 2 aliphatic rings. The van der Waals surface area contributed by atoms with E-state index in [1.807, 2.05) is 35.2 Å². The molecule has 5 rings (SSSR count). The van der Waals surface area contributed by atoms with E-state index < -0.39 is 0 Å². The maximum absolute atomic E-state index is 13.1. The number of hydrogen-bond acceptors (Lipinski definition) is 5. The summed E-state index contributed by atoms with van der Waals surface area (Å²) in [6.07, 6.45) is 8.61. The third kappa shape index (κ3) is 3.87. The van der Waals surface area contributed by atoms with Crippen molar-refractivity contribution in [3.8, 4) is 16.2 Å². The highest BCUT2D eigenvalue weighted by Gasteiger charge is 2.35. The van der Waals surface area contributed by atoms with Gasteiger partial charge in [-0.2, -0.15) is 0 Å². The molecule has 6 nitrogen and oxygen atoms in total. The van der Waals surface area contributed by atoms with E-state index in [0.717, 1.165) is 35.6 Å². The molecule has 2 aromatic heterocycles. The van der Waals surface area contributed by atoms with Crippen molar-refractivity contribution >= 4 is 27.5 Å². The molecule has 1 saturated heterocycles. The van der Waals surface area contributed by atoms with Crippen molar-refractivity contribution in [3.05, 3.63) is 47.0 Å². The molecular weight excluding hydrogens is 410 g/mol. The van der Waals surface area contributed by atoms with Crippen molar-refractivity contribution in [2.75, 3.05) is 13.7 Å². The quantitative estimate of drug-likeness (QED) is 0.610. The molecule has 162 valence electrons. The lowest BCUT2D eigenvalue weighted by atomic mass is 9.78. The number of amides is 1. The van der Waals surface area contributed by atoms with E-state index in [2.05, 4.69) is 4.98 Å². The van der Waals surface area contributed by atoms with Crippen LogP contribution in [-0.4, -0.2) is 40.1 Å². The molecule has 7 heteroatoms. The molecule has 1 saturated carbocycles. The molecule has 0 unspecified atom stereocenters. The first kappa shape index (κ1) is 20.2. The Morgan fingerprint density at radius 3 is 2.74 bits per heavy atom. The number of fused-ring (bicyclic) bond motifs is 2. The molecule has 2 atom stereocenters. The highest BCUT2D eigenvalue weighted by atomic mass is 32.1. The average Bonchev–Trinajstić information content (AvgIpc) is 3.26. The van der Waals surface area contributed by atoms with E-state index >= 15 is 0 Å². The van der Waals surface area contributed by atoms with Gasteiger partial charge in [-0.1, -0.05) is 12.8 Å². The second kappa shape index (κ2) is 8.46. The Hall–Kier alpha value is -2.67. The Morgan fingerprint density at radius 1 is 1.16 bits per heavy atom. The molecule has 3 heterocycles. The number of ether oxygens (including phenoxy) is 1. The SMILES string of the molecule is COc1ccc(-c2cc3ncn(CC(=O)N4CCC[C@H]5CCCC[C@H]54)c(=O)c3s2)cc1. The fourth-order valence-electron chi connectivity index (χ4n) is 5.13. The van der Waals surface area contributed by atoms with Gasteiger partial charge in [0.1, 0.15) is 17.0 Å². The van der Waals surface area contributed by atoms with Crippen LogP contribution in [0.5, 0.6) is 5.75 Å². The summed E-state index contributed by atoms with van der Waals surface area (Å²) >= 11 is 1.42. The number of rotatable bonds is 4. The molecule has 1 aliphatic heterocycles. The predicted molar refractivity (Wildman–Crippen MR) is 123 cm³/mol. The minimum absolute atomic E-state index is 0.0479. The van der Waals surface area contributed by atoms with E-state index in [4.69, 9.17) is 4.74 Å². The summed E-state index contributed by atoms with van der Waals surface area (Å²) in [5, 5.41) is 0. The van der Waals surface area contributed by atoms with Crippen molar-refractivity contribution in [3.63, 3.8) is 0 Å². The number of aromatic nitrogens is 2. The summed E-state index contributed by atoms with van der Waals surface area (Å²) < 4.78 is 7.29. The van der Waals surface area contributed by atoms with Gasteiger partial charge in [-0.25, -0.2) is 4.98 Å². The summed E-state index contributed by atoms with van der Waals surface area (Å²) in [6.45, 7) is 0.881. The molecule has 31 heavy (non-hydrogen) atoms. The van der Waals surface area contributed by atoms with Crippen LogP contribution < -0.4 is 10.3 Å². The fraction of sp³-hybridized carbons (Fsp3) is 0.458. The Morgan fingerprint density at radius 2 is 1.94 bits per heavy atom. The van der Waals surface area contributed by atoms with Crippen molar-refractivity contribution in [1.82, 2.24) is 14.5 Å². The van der Waals surface area contributed by atoms with Gasteiger partial charge in [0.05, 0.1) is 19.0 Å². The van der Waals surface area contributed by atoms with Gasteiger partial charge >= 0.3 is 0 Å². The van der Waals surface area contributed by atoms with Gasteiger partial charge in [0.25, 0.3) is 5.56 Å². The number of carbonyl (C=O) groups is 1. The Bertz CT molecular complexity index is 1150. The summed E-state index contributed by atoms with van der Waals surface area (Å²) in [5.74, 6) is 1.47. The van der Waals surface area contributed by atoms with Gasteiger partial charge in [0.15, 0.2) is 0 Å². The third-order valence-corrected chi connectivity index (χ3v) is 7.91. The van der Waals surface area contributed by atoms with Crippen molar-refractivity contribution < 1.29 is 9.53 Å². The lowest BCUT2D eigenvalue weighted by Gasteiger charge is -2.44. The Kier molecular flexibility index (Phi) is 5.52. The molecule has 0 N–H and O–H groups in total. The zero-order valence-electron chi connectivity index (χ0n) is 17.8. The number of nitrogens with zero attached hydrogens (tertiary/aromatic N) is 3. The zero-order chi connectivity index (χ0) is 21.4.